The zero-order valence-corrected chi connectivity index (χ0v) is 21.8. The molecule has 0 atom stereocenters. The summed E-state index contributed by atoms with van der Waals surface area (Å²) in [5.41, 5.74) is 5.02. The van der Waals surface area contributed by atoms with Gasteiger partial charge in [0, 0.05) is 55.4 Å². The van der Waals surface area contributed by atoms with Gasteiger partial charge in [-0.25, -0.2) is 18.4 Å². The van der Waals surface area contributed by atoms with Crippen molar-refractivity contribution in [1.29, 1.82) is 0 Å². The van der Waals surface area contributed by atoms with Gasteiger partial charge in [-0.2, -0.15) is 4.31 Å². The van der Waals surface area contributed by atoms with Crippen molar-refractivity contribution in [2.45, 2.75) is 38.5 Å². The molecule has 8 heteroatoms. The fourth-order valence-electron chi connectivity index (χ4n) is 4.87. The molecule has 0 amide bonds. The zero-order chi connectivity index (χ0) is 25.3. The Kier molecular flexibility index (Phi) is 6.73. The van der Waals surface area contributed by atoms with Crippen LogP contribution in [-0.4, -0.2) is 53.9 Å². The summed E-state index contributed by atoms with van der Waals surface area (Å²) in [7, 11) is -3.69. The molecule has 186 valence electrons. The van der Waals surface area contributed by atoms with Gasteiger partial charge in [0.25, 0.3) is 0 Å². The molecule has 0 bridgehead atoms. The maximum absolute atomic E-state index is 13.7. The summed E-state index contributed by atoms with van der Waals surface area (Å²) in [6, 6.07) is 17.6. The minimum atomic E-state index is -3.69. The number of para-hydroxylation sites is 1. The summed E-state index contributed by atoms with van der Waals surface area (Å²) in [4.78, 5) is 16.3. The Hall–Kier alpha value is -3.36. The van der Waals surface area contributed by atoms with E-state index in [0.717, 1.165) is 41.3 Å². The first-order valence-corrected chi connectivity index (χ1v) is 13.8. The molecule has 4 aromatic rings. The van der Waals surface area contributed by atoms with Gasteiger partial charge in [0.05, 0.1) is 5.52 Å². The van der Waals surface area contributed by atoms with Gasteiger partial charge < -0.3 is 4.90 Å². The van der Waals surface area contributed by atoms with E-state index in [4.69, 9.17) is 4.98 Å². The van der Waals surface area contributed by atoms with Gasteiger partial charge in [0.15, 0.2) is 0 Å². The SMILES string of the molecule is Cc1ccc(Cc2c(C)nc(C)nc2N2CCCN(S(=O)(=O)c3cccc4cccnc34)CC2)cc1. The molecule has 0 saturated carbocycles. The largest absolute Gasteiger partial charge is 0.355 e. The first kappa shape index (κ1) is 24.3. The Bertz CT molecular complexity index is 1500. The van der Waals surface area contributed by atoms with Crippen LogP contribution < -0.4 is 4.90 Å². The summed E-state index contributed by atoms with van der Waals surface area (Å²) in [6.07, 6.45) is 3.09. The molecule has 0 unspecified atom stereocenters. The Morgan fingerprint density at radius 3 is 2.44 bits per heavy atom. The van der Waals surface area contributed by atoms with Gasteiger partial charge in [-0.05, 0) is 44.9 Å². The predicted octanol–water partition coefficient (Wildman–Crippen LogP) is 4.44. The van der Waals surface area contributed by atoms with E-state index in [1.807, 2.05) is 32.0 Å². The fourth-order valence-corrected chi connectivity index (χ4v) is 6.50. The van der Waals surface area contributed by atoms with Crippen LogP contribution in [0.4, 0.5) is 5.82 Å². The first-order valence-electron chi connectivity index (χ1n) is 12.3. The van der Waals surface area contributed by atoms with E-state index in [9.17, 15) is 8.42 Å². The highest BCUT2D eigenvalue weighted by molar-refractivity contribution is 7.89. The molecule has 1 aliphatic heterocycles. The van der Waals surface area contributed by atoms with E-state index in [1.54, 1.807) is 22.6 Å². The third-order valence-electron chi connectivity index (χ3n) is 6.77. The van der Waals surface area contributed by atoms with Gasteiger partial charge in [-0.1, -0.05) is 48.0 Å². The summed E-state index contributed by atoms with van der Waals surface area (Å²) in [5, 5.41) is 0.822. The smallest absolute Gasteiger partial charge is 0.245 e. The molecule has 2 aromatic carbocycles. The fraction of sp³-hybridized carbons (Fsp3) is 0.321. The lowest BCUT2D eigenvalue weighted by atomic mass is 10.0. The average Bonchev–Trinajstić information content (AvgIpc) is 3.13. The van der Waals surface area contributed by atoms with Crippen LogP contribution in [0.15, 0.2) is 65.7 Å². The van der Waals surface area contributed by atoms with Crippen LogP contribution in [0.5, 0.6) is 0 Å². The highest BCUT2D eigenvalue weighted by Crippen LogP contribution is 2.28. The lowest BCUT2D eigenvalue weighted by Gasteiger charge is -2.26. The quantitative estimate of drug-likeness (QED) is 0.402. The predicted molar refractivity (Wildman–Crippen MR) is 143 cm³/mol. The molecule has 5 rings (SSSR count). The van der Waals surface area contributed by atoms with Crippen molar-refractivity contribution in [2.24, 2.45) is 0 Å². The maximum atomic E-state index is 13.7. The molecule has 0 N–H and O–H groups in total. The molecule has 0 radical (unpaired) electrons. The second-order valence-electron chi connectivity index (χ2n) is 9.40. The third-order valence-corrected chi connectivity index (χ3v) is 8.70. The summed E-state index contributed by atoms with van der Waals surface area (Å²) in [5.74, 6) is 1.64. The molecule has 1 aliphatic rings. The normalized spacial score (nSPS) is 15.2. The standard InChI is InChI=1S/C28H31N5O2S/c1-20-10-12-23(13-11-20)19-25-21(2)30-22(3)31-28(25)32-15-6-16-33(18-17-32)36(34,35)26-9-4-7-24-8-5-14-29-27(24)26/h4-5,7-14H,6,15-19H2,1-3H3. The number of aryl methyl sites for hydroxylation is 3. The van der Waals surface area contributed by atoms with E-state index in [0.29, 0.717) is 31.6 Å². The monoisotopic (exact) mass is 501 g/mol. The van der Waals surface area contributed by atoms with Crippen LogP contribution in [0.25, 0.3) is 10.9 Å². The minimum Gasteiger partial charge on any atom is -0.355 e. The number of fused-ring (bicyclic) bond motifs is 1. The van der Waals surface area contributed by atoms with Crippen molar-refractivity contribution >= 4 is 26.7 Å². The molecule has 0 spiro atoms. The van der Waals surface area contributed by atoms with Gasteiger partial charge >= 0.3 is 0 Å². The van der Waals surface area contributed by atoms with Crippen molar-refractivity contribution in [1.82, 2.24) is 19.3 Å². The summed E-state index contributed by atoms with van der Waals surface area (Å²) >= 11 is 0. The molecule has 1 fully saturated rings. The van der Waals surface area contributed by atoms with Crippen LogP contribution in [0.1, 0.15) is 34.6 Å². The Morgan fingerprint density at radius 2 is 1.64 bits per heavy atom. The van der Waals surface area contributed by atoms with E-state index >= 15 is 0 Å². The van der Waals surface area contributed by atoms with Gasteiger partial charge in [0.2, 0.25) is 10.0 Å². The number of hydrogen-bond acceptors (Lipinski definition) is 6. The lowest BCUT2D eigenvalue weighted by Crippen LogP contribution is -2.36. The van der Waals surface area contributed by atoms with E-state index in [1.165, 1.54) is 11.1 Å². The highest BCUT2D eigenvalue weighted by Gasteiger charge is 2.30. The van der Waals surface area contributed by atoms with Gasteiger partial charge in [-0.15, -0.1) is 0 Å². The molecule has 1 saturated heterocycles. The van der Waals surface area contributed by atoms with Crippen molar-refractivity contribution in [3.63, 3.8) is 0 Å². The topological polar surface area (TPSA) is 79.3 Å². The Labute approximate surface area is 212 Å². The minimum absolute atomic E-state index is 0.267. The van der Waals surface area contributed by atoms with Crippen molar-refractivity contribution < 1.29 is 8.42 Å². The molecule has 2 aromatic heterocycles. The number of rotatable bonds is 5. The third kappa shape index (κ3) is 4.83. The molecule has 0 aliphatic carbocycles. The molecule has 7 nitrogen and oxygen atoms in total. The van der Waals surface area contributed by atoms with E-state index < -0.39 is 10.0 Å². The zero-order valence-electron chi connectivity index (χ0n) is 21.0. The van der Waals surface area contributed by atoms with Crippen LogP contribution >= 0.6 is 0 Å². The number of nitrogens with zero attached hydrogens (tertiary/aromatic N) is 5. The van der Waals surface area contributed by atoms with Crippen LogP contribution in [0.2, 0.25) is 0 Å². The van der Waals surface area contributed by atoms with Crippen molar-refractivity contribution in [3.05, 3.63) is 89.0 Å². The molecular formula is C28H31N5O2S. The van der Waals surface area contributed by atoms with Gasteiger partial charge in [-0.3, -0.25) is 4.98 Å². The molecule has 3 heterocycles. The Balaban J connectivity index is 1.43. The van der Waals surface area contributed by atoms with Crippen molar-refractivity contribution in [2.75, 3.05) is 31.1 Å². The number of anilines is 1. The average molecular weight is 502 g/mol. The number of aromatic nitrogens is 3. The summed E-state index contributed by atoms with van der Waals surface area (Å²) in [6.45, 7) is 8.17. The second-order valence-corrected chi connectivity index (χ2v) is 11.3. The van der Waals surface area contributed by atoms with E-state index in [-0.39, 0.29) is 4.90 Å². The highest BCUT2D eigenvalue weighted by atomic mass is 32.2. The first-order chi connectivity index (χ1) is 17.3. The number of benzene rings is 2. The summed E-state index contributed by atoms with van der Waals surface area (Å²) < 4.78 is 29.0. The number of hydrogen-bond donors (Lipinski definition) is 0. The number of sulfonamides is 1. The van der Waals surface area contributed by atoms with Crippen LogP contribution in [-0.2, 0) is 16.4 Å². The number of pyridine rings is 1. The second kappa shape index (κ2) is 9.95. The maximum Gasteiger partial charge on any atom is 0.245 e. The molecular weight excluding hydrogens is 470 g/mol. The van der Waals surface area contributed by atoms with Crippen molar-refractivity contribution in [3.8, 4) is 0 Å². The lowest BCUT2D eigenvalue weighted by molar-refractivity contribution is 0.433. The Morgan fingerprint density at radius 1 is 0.861 bits per heavy atom. The van der Waals surface area contributed by atoms with E-state index in [2.05, 4.69) is 46.1 Å². The van der Waals surface area contributed by atoms with Crippen LogP contribution in [0, 0.1) is 20.8 Å². The molecule has 36 heavy (non-hydrogen) atoms. The van der Waals surface area contributed by atoms with Gasteiger partial charge in [0.1, 0.15) is 16.5 Å². The van der Waals surface area contributed by atoms with Crippen LogP contribution in [0.3, 0.4) is 0 Å².